The van der Waals surface area contributed by atoms with E-state index in [1.165, 1.54) is 10.8 Å². The summed E-state index contributed by atoms with van der Waals surface area (Å²) in [5.41, 5.74) is 1.15. The fourth-order valence-electron chi connectivity index (χ4n) is 2.51. The summed E-state index contributed by atoms with van der Waals surface area (Å²) < 4.78 is 11.5. The molecule has 1 aliphatic heterocycles. The van der Waals surface area contributed by atoms with Crippen molar-refractivity contribution in [2.24, 2.45) is 0 Å². The van der Waals surface area contributed by atoms with Gasteiger partial charge < -0.3 is 9.47 Å². The lowest BCUT2D eigenvalue weighted by Gasteiger charge is -2.17. The Morgan fingerprint density at radius 1 is 1.17 bits per heavy atom. The van der Waals surface area contributed by atoms with Crippen molar-refractivity contribution in [3.8, 4) is 5.75 Å². The summed E-state index contributed by atoms with van der Waals surface area (Å²) in [5.74, 6) is 0.938. The Kier molecular flexibility index (Phi) is 3.20. The van der Waals surface area contributed by atoms with Crippen LogP contribution in [0.4, 0.5) is 0 Å². The maximum absolute atomic E-state index is 5.77. The minimum absolute atomic E-state index is 0.679. The maximum Gasteiger partial charge on any atom is 0.130 e. The highest BCUT2D eigenvalue weighted by Gasteiger charge is 2.24. The fourth-order valence-corrected chi connectivity index (χ4v) is 2.51. The Balaban J connectivity index is 2.17. The van der Waals surface area contributed by atoms with E-state index < -0.39 is 0 Å². The molecule has 2 heteroatoms. The van der Waals surface area contributed by atoms with Crippen LogP contribution in [0.1, 0.15) is 25.3 Å². The quantitative estimate of drug-likeness (QED) is 0.810. The van der Waals surface area contributed by atoms with Crippen LogP contribution in [-0.2, 0) is 4.74 Å². The van der Waals surface area contributed by atoms with Crippen molar-refractivity contribution < 1.29 is 9.47 Å². The Bertz CT molecular complexity index is 542. The molecule has 1 heterocycles. The van der Waals surface area contributed by atoms with E-state index in [9.17, 15) is 0 Å². The smallest absolute Gasteiger partial charge is 0.130 e. The van der Waals surface area contributed by atoms with Gasteiger partial charge in [-0.1, -0.05) is 30.3 Å². The van der Waals surface area contributed by atoms with E-state index in [1.807, 2.05) is 6.92 Å². The van der Waals surface area contributed by atoms with Gasteiger partial charge in [-0.25, -0.2) is 0 Å². The van der Waals surface area contributed by atoms with E-state index in [2.05, 4.69) is 36.4 Å². The van der Waals surface area contributed by atoms with Gasteiger partial charge >= 0.3 is 0 Å². The van der Waals surface area contributed by atoms with Gasteiger partial charge in [0.05, 0.1) is 6.61 Å². The molecule has 1 fully saturated rings. The second kappa shape index (κ2) is 4.99. The molecule has 0 unspecified atom stereocenters. The molecule has 2 aromatic carbocycles. The van der Waals surface area contributed by atoms with Gasteiger partial charge in [-0.3, -0.25) is 0 Å². The predicted molar refractivity (Wildman–Crippen MR) is 72.6 cm³/mol. The Morgan fingerprint density at radius 3 is 2.83 bits per heavy atom. The first-order valence-corrected chi connectivity index (χ1v) is 6.53. The van der Waals surface area contributed by atoms with Gasteiger partial charge in [0.2, 0.25) is 0 Å². The molecule has 0 aromatic heterocycles. The summed E-state index contributed by atoms with van der Waals surface area (Å²) in [6.45, 7) is 3.52. The van der Waals surface area contributed by atoms with Gasteiger partial charge in [0, 0.05) is 12.2 Å². The summed E-state index contributed by atoms with van der Waals surface area (Å²) >= 11 is 0. The van der Waals surface area contributed by atoms with Crippen LogP contribution in [0.5, 0.6) is 5.75 Å². The lowest BCUT2D eigenvalue weighted by atomic mass is 9.97. The highest BCUT2D eigenvalue weighted by atomic mass is 16.5. The number of hydrogen-bond acceptors (Lipinski definition) is 2. The Morgan fingerprint density at radius 2 is 2.06 bits per heavy atom. The second-order valence-corrected chi connectivity index (χ2v) is 4.47. The molecular formula is C16H17O2. The molecule has 0 saturated carbocycles. The van der Waals surface area contributed by atoms with Crippen LogP contribution in [0.15, 0.2) is 36.4 Å². The number of hydrogen-bond donors (Lipinski definition) is 0. The van der Waals surface area contributed by atoms with E-state index in [0.29, 0.717) is 6.61 Å². The summed E-state index contributed by atoms with van der Waals surface area (Å²) in [6, 6.07) is 12.6. The normalized spacial score (nSPS) is 16.3. The van der Waals surface area contributed by atoms with E-state index in [1.54, 1.807) is 0 Å². The van der Waals surface area contributed by atoms with Gasteiger partial charge in [-0.2, -0.15) is 0 Å². The molecule has 3 rings (SSSR count). The van der Waals surface area contributed by atoms with Crippen LogP contribution >= 0.6 is 0 Å². The van der Waals surface area contributed by atoms with Gasteiger partial charge in [0.15, 0.2) is 0 Å². The lowest BCUT2D eigenvalue weighted by Crippen LogP contribution is -2.03. The average molecular weight is 241 g/mol. The molecule has 0 N–H and O–H groups in total. The minimum atomic E-state index is 0.679. The van der Waals surface area contributed by atoms with Crippen LogP contribution in [-0.4, -0.2) is 13.2 Å². The summed E-state index contributed by atoms with van der Waals surface area (Å²) in [4.78, 5) is 0. The molecule has 0 amide bonds. The number of ether oxygens (including phenoxy) is 2. The first kappa shape index (κ1) is 11.5. The molecule has 93 valence electrons. The molecule has 0 bridgehead atoms. The molecule has 2 aromatic rings. The van der Waals surface area contributed by atoms with E-state index in [-0.39, 0.29) is 0 Å². The molecule has 2 nitrogen and oxygen atoms in total. The average Bonchev–Trinajstić information content (AvgIpc) is 2.92. The van der Waals surface area contributed by atoms with Crippen molar-refractivity contribution in [2.45, 2.75) is 19.8 Å². The largest absolute Gasteiger partial charge is 0.493 e. The van der Waals surface area contributed by atoms with Crippen molar-refractivity contribution >= 4 is 10.8 Å². The van der Waals surface area contributed by atoms with Crippen molar-refractivity contribution in [3.63, 3.8) is 0 Å². The molecular weight excluding hydrogens is 224 g/mol. The highest BCUT2D eigenvalue weighted by molar-refractivity contribution is 5.89. The SMILES string of the molecule is CCOc1ccc2ccccc2c1[C]1CCCO1. The topological polar surface area (TPSA) is 18.5 Å². The van der Waals surface area contributed by atoms with Crippen LogP contribution in [0.3, 0.4) is 0 Å². The molecule has 1 radical (unpaired) electrons. The van der Waals surface area contributed by atoms with E-state index >= 15 is 0 Å². The monoisotopic (exact) mass is 241 g/mol. The zero-order valence-corrected chi connectivity index (χ0v) is 10.6. The number of fused-ring (bicyclic) bond motifs is 1. The van der Waals surface area contributed by atoms with E-state index in [4.69, 9.17) is 9.47 Å². The lowest BCUT2D eigenvalue weighted by molar-refractivity contribution is 0.213. The zero-order chi connectivity index (χ0) is 12.4. The second-order valence-electron chi connectivity index (χ2n) is 4.47. The summed E-state index contributed by atoms with van der Waals surface area (Å²) in [5, 5.41) is 2.46. The third kappa shape index (κ3) is 1.97. The zero-order valence-electron chi connectivity index (χ0n) is 10.6. The third-order valence-corrected chi connectivity index (χ3v) is 3.29. The van der Waals surface area contributed by atoms with E-state index in [0.717, 1.165) is 36.9 Å². The van der Waals surface area contributed by atoms with Crippen molar-refractivity contribution in [1.29, 1.82) is 0 Å². The van der Waals surface area contributed by atoms with Gasteiger partial charge in [-0.15, -0.1) is 0 Å². The van der Waals surface area contributed by atoms with Crippen LogP contribution in [0, 0.1) is 6.10 Å². The first-order valence-electron chi connectivity index (χ1n) is 6.53. The minimum Gasteiger partial charge on any atom is -0.493 e. The van der Waals surface area contributed by atoms with Crippen molar-refractivity contribution in [2.75, 3.05) is 13.2 Å². The molecule has 1 aliphatic rings. The molecule has 1 saturated heterocycles. The highest BCUT2D eigenvalue weighted by Crippen LogP contribution is 2.38. The Labute approximate surface area is 108 Å². The molecule has 0 aliphatic carbocycles. The summed E-state index contributed by atoms with van der Waals surface area (Å²) in [7, 11) is 0. The van der Waals surface area contributed by atoms with Crippen LogP contribution < -0.4 is 4.74 Å². The molecule has 0 spiro atoms. The maximum atomic E-state index is 5.77. The Hall–Kier alpha value is -1.54. The number of rotatable bonds is 3. The van der Waals surface area contributed by atoms with Gasteiger partial charge in [-0.05, 0) is 36.6 Å². The standard InChI is InChI=1S/C16H17O2/c1-2-17-15-10-9-12-6-3-4-7-13(12)16(15)14-8-5-11-18-14/h3-4,6-7,9-10H,2,5,8,11H2,1H3. The molecule has 18 heavy (non-hydrogen) atoms. The fraction of sp³-hybridized carbons (Fsp3) is 0.312. The van der Waals surface area contributed by atoms with Crippen molar-refractivity contribution in [1.82, 2.24) is 0 Å². The van der Waals surface area contributed by atoms with Gasteiger partial charge in [0.1, 0.15) is 11.9 Å². The first-order chi connectivity index (χ1) is 8.90. The third-order valence-electron chi connectivity index (χ3n) is 3.29. The van der Waals surface area contributed by atoms with Crippen molar-refractivity contribution in [3.05, 3.63) is 48.1 Å². The number of benzene rings is 2. The summed E-state index contributed by atoms with van der Waals surface area (Å²) in [6.07, 6.45) is 3.19. The van der Waals surface area contributed by atoms with Gasteiger partial charge in [0.25, 0.3) is 0 Å². The predicted octanol–water partition coefficient (Wildman–Crippen LogP) is 3.93. The van der Waals surface area contributed by atoms with Crippen LogP contribution in [0.2, 0.25) is 0 Å². The van der Waals surface area contributed by atoms with Crippen LogP contribution in [0.25, 0.3) is 10.8 Å². The molecule has 0 atom stereocenters.